The molecule has 16 heavy (non-hydrogen) atoms. The summed E-state index contributed by atoms with van der Waals surface area (Å²) in [7, 11) is 1.57. The summed E-state index contributed by atoms with van der Waals surface area (Å²) in [6.45, 7) is 0.0104. The van der Waals surface area contributed by atoms with E-state index in [0.29, 0.717) is 5.75 Å². The first-order chi connectivity index (χ1) is 7.79. The van der Waals surface area contributed by atoms with E-state index in [1.54, 1.807) is 13.2 Å². The summed E-state index contributed by atoms with van der Waals surface area (Å²) in [5, 5.41) is 3.49. The third-order valence-corrected chi connectivity index (χ3v) is 2.21. The number of carbonyl (C=O) groups excluding carboxylic acids is 1. The van der Waals surface area contributed by atoms with Crippen LogP contribution in [0.15, 0.2) is 36.5 Å². The van der Waals surface area contributed by atoms with Gasteiger partial charge in [0.05, 0.1) is 11.7 Å². The molecule has 82 valence electrons. The van der Waals surface area contributed by atoms with Gasteiger partial charge >= 0.3 is 0 Å². The number of hydrogen-bond acceptors (Lipinski definition) is 3. The van der Waals surface area contributed by atoms with Crippen LogP contribution < -0.4 is 10.1 Å². The molecule has 1 heterocycles. The summed E-state index contributed by atoms with van der Waals surface area (Å²) in [6.07, 6.45) is 1.62. The van der Waals surface area contributed by atoms with Crippen LogP contribution in [0.25, 0.3) is 10.9 Å². The van der Waals surface area contributed by atoms with Gasteiger partial charge in [0.2, 0.25) is 0 Å². The molecule has 0 spiro atoms. The lowest BCUT2D eigenvalue weighted by atomic mass is 10.2. The maximum Gasteiger partial charge on any atom is 0.257 e. The average Bonchev–Trinajstić information content (AvgIpc) is 2.35. The first kappa shape index (κ1) is 10.4. The van der Waals surface area contributed by atoms with Gasteiger partial charge in [0.25, 0.3) is 5.91 Å². The summed E-state index contributed by atoms with van der Waals surface area (Å²) >= 11 is 0. The van der Waals surface area contributed by atoms with Gasteiger partial charge in [-0.15, -0.1) is 0 Å². The van der Waals surface area contributed by atoms with Crippen LogP contribution in [-0.4, -0.2) is 24.5 Å². The highest BCUT2D eigenvalue weighted by atomic mass is 16.5. The van der Waals surface area contributed by atoms with Gasteiger partial charge in [-0.2, -0.15) is 0 Å². The monoisotopic (exact) mass is 216 g/mol. The predicted molar refractivity (Wildman–Crippen MR) is 61.3 cm³/mol. The lowest BCUT2D eigenvalue weighted by Gasteiger charge is -2.05. The summed E-state index contributed by atoms with van der Waals surface area (Å²) in [5.41, 5.74) is 0.912. The molecule has 2 aromatic rings. The number of amides is 1. The second kappa shape index (κ2) is 4.61. The second-order valence-corrected chi connectivity index (χ2v) is 3.33. The van der Waals surface area contributed by atoms with Gasteiger partial charge in [0.1, 0.15) is 5.75 Å². The molecule has 1 amide bonds. The molecule has 0 atom stereocenters. The molecular formula is C12H12N2O2. The zero-order valence-corrected chi connectivity index (χ0v) is 8.93. The maximum absolute atomic E-state index is 11.0. The fourth-order valence-electron chi connectivity index (χ4n) is 1.35. The van der Waals surface area contributed by atoms with Crippen molar-refractivity contribution >= 4 is 16.8 Å². The van der Waals surface area contributed by atoms with Crippen LogP contribution >= 0.6 is 0 Å². The zero-order chi connectivity index (χ0) is 11.4. The van der Waals surface area contributed by atoms with E-state index in [2.05, 4.69) is 10.3 Å². The Labute approximate surface area is 93.3 Å². The molecule has 0 saturated carbocycles. The molecule has 1 aromatic carbocycles. The molecule has 0 saturated heterocycles. The second-order valence-electron chi connectivity index (χ2n) is 3.33. The van der Waals surface area contributed by atoms with Gasteiger partial charge in [-0.25, -0.2) is 0 Å². The number of rotatable bonds is 3. The third-order valence-electron chi connectivity index (χ3n) is 2.21. The number of benzene rings is 1. The molecule has 1 aromatic heterocycles. The van der Waals surface area contributed by atoms with Crippen molar-refractivity contribution in [1.82, 2.24) is 10.3 Å². The van der Waals surface area contributed by atoms with Gasteiger partial charge in [-0.3, -0.25) is 9.78 Å². The van der Waals surface area contributed by atoms with Crippen LogP contribution in [0.2, 0.25) is 0 Å². The molecule has 4 heteroatoms. The van der Waals surface area contributed by atoms with Crippen LogP contribution in [0.3, 0.4) is 0 Å². The molecule has 0 aliphatic heterocycles. The molecule has 0 aliphatic carbocycles. The molecule has 0 aliphatic rings. The van der Waals surface area contributed by atoms with Crippen molar-refractivity contribution in [1.29, 1.82) is 0 Å². The van der Waals surface area contributed by atoms with Crippen molar-refractivity contribution in [3.8, 4) is 5.75 Å². The van der Waals surface area contributed by atoms with Gasteiger partial charge in [0, 0.05) is 12.4 Å². The van der Waals surface area contributed by atoms with E-state index in [0.717, 1.165) is 10.9 Å². The highest BCUT2D eigenvalue weighted by Gasteiger charge is 2.01. The quantitative estimate of drug-likeness (QED) is 0.842. The van der Waals surface area contributed by atoms with E-state index >= 15 is 0 Å². The van der Waals surface area contributed by atoms with E-state index in [4.69, 9.17) is 4.74 Å². The highest BCUT2D eigenvalue weighted by Crippen LogP contribution is 2.17. The average molecular weight is 216 g/mol. The van der Waals surface area contributed by atoms with Crippen LogP contribution in [0, 0.1) is 0 Å². The summed E-state index contributed by atoms with van der Waals surface area (Å²) < 4.78 is 5.29. The summed E-state index contributed by atoms with van der Waals surface area (Å²) in [4.78, 5) is 15.2. The molecule has 1 N–H and O–H groups in total. The van der Waals surface area contributed by atoms with E-state index in [9.17, 15) is 4.79 Å². The molecule has 0 bridgehead atoms. The van der Waals surface area contributed by atoms with Crippen LogP contribution in [0.5, 0.6) is 5.75 Å². The fourth-order valence-corrected chi connectivity index (χ4v) is 1.35. The maximum atomic E-state index is 11.0. The molecule has 4 nitrogen and oxygen atoms in total. The van der Waals surface area contributed by atoms with Crippen molar-refractivity contribution < 1.29 is 9.53 Å². The molecule has 0 unspecified atom stereocenters. The largest absolute Gasteiger partial charge is 0.482 e. The van der Waals surface area contributed by atoms with Crippen molar-refractivity contribution in [2.75, 3.05) is 13.7 Å². The van der Waals surface area contributed by atoms with E-state index in [1.165, 1.54) is 0 Å². The minimum Gasteiger partial charge on any atom is -0.482 e. The van der Waals surface area contributed by atoms with Crippen LogP contribution in [0.4, 0.5) is 0 Å². The Kier molecular flexibility index (Phi) is 3.00. The Morgan fingerprint density at radius 3 is 3.06 bits per heavy atom. The number of pyridine rings is 1. The number of aromatic nitrogens is 1. The topological polar surface area (TPSA) is 51.2 Å². The Morgan fingerprint density at radius 1 is 1.44 bits per heavy atom. The van der Waals surface area contributed by atoms with Crippen molar-refractivity contribution in [2.45, 2.75) is 0 Å². The smallest absolute Gasteiger partial charge is 0.257 e. The fraction of sp³-hybridized carbons (Fsp3) is 0.167. The SMILES string of the molecule is CNC(=O)COc1cnc2ccccc2c1. The summed E-state index contributed by atoms with van der Waals surface area (Å²) in [6, 6.07) is 9.62. The van der Waals surface area contributed by atoms with Crippen LogP contribution in [-0.2, 0) is 4.79 Å². The zero-order valence-electron chi connectivity index (χ0n) is 8.93. The number of hydrogen-bond donors (Lipinski definition) is 1. The first-order valence-electron chi connectivity index (χ1n) is 4.98. The minimum atomic E-state index is -0.159. The van der Waals surface area contributed by atoms with Crippen LogP contribution in [0.1, 0.15) is 0 Å². The number of para-hydroxylation sites is 1. The van der Waals surface area contributed by atoms with Gasteiger partial charge in [0.15, 0.2) is 6.61 Å². The Morgan fingerprint density at radius 2 is 2.25 bits per heavy atom. The number of nitrogens with zero attached hydrogens (tertiary/aromatic N) is 1. The first-order valence-corrected chi connectivity index (χ1v) is 4.98. The molecule has 0 radical (unpaired) electrons. The van der Waals surface area contributed by atoms with Crippen molar-refractivity contribution in [3.63, 3.8) is 0 Å². The van der Waals surface area contributed by atoms with Gasteiger partial charge in [-0.05, 0) is 12.1 Å². The number of ether oxygens (including phenoxy) is 1. The lowest BCUT2D eigenvalue weighted by Crippen LogP contribution is -2.24. The van der Waals surface area contributed by atoms with E-state index in [-0.39, 0.29) is 12.5 Å². The predicted octanol–water partition coefficient (Wildman–Crippen LogP) is 1.36. The summed E-state index contributed by atoms with van der Waals surface area (Å²) in [5.74, 6) is 0.440. The number of fused-ring (bicyclic) bond motifs is 1. The molecule has 0 fully saturated rings. The third kappa shape index (κ3) is 2.28. The number of likely N-dealkylation sites (N-methyl/N-ethyl adjacent to an activating group) is 1. The van der Waals surface area contributed by atoms with Crippen molar-refractivity contribution in [3.05, 3.63) is 36.5 Å². The van der Waals surface area contributed by atoms with Gasteiger partial charge < -0.3 is 10.1 Å². The normalized spacial score (nSPS) is 10.1. The van der Waals surface area contributed by atoms with Crippen molar-refractivity contribution in [2.24, 2.45) is 0 Å². The van der Waals surface area contributed by atoms with E-state index in [1.807, 2.05) is 30.3 Å². The minimum absolute atomic E-state index is 0.0104. The number of nitrogens with one attached hydrogen (secondary N) is 1. The Balaban J connectivity index is 2.16. The lowest BCUT2D eigenvalue weighted by molar-refractivity contribution is -0.122. The molecule has 2 rings (SSSR count). The van der Waals surface area contributed by atoms with E-state index < -0.39 is 0 Å². The Hall–Kier alpha value is -2.10. The standard InChI is InChI=1S/C12H12N2O2/c1-13-12(15)8-16-10-6-9-4-2-3-5-11(9)14-7-10/h2-7H,8H2,1H3,(H,13,15). The van der Waals surface area contributed by atoms with Gasteiger partial charge in [-0.1, -0.05) is 18.2 Å². The number of carbonyl (C=O) groups is 1. The highest BCUT2D eigenvalue weighted by molar-refractivity contribution is 5.80. The molecular weight excluding hydrogens is 204 g/mol. The Bertz CT molecular complexity index is 511.